The van der Waals surface area contributed by atoms with Gasteiger partial charge in [-0.3, -0.25) is 0 Å². The number of urea groups is 1. The molecule has 1 aromatic rings. The van der Waals surface area contributed by atoms with E-state index in [4.69, 9.17) is 5.73 Å². The number of anilines is 2. The van der Waals surface area contributed by atoms with E-state index in [9.17, 15) is 4.79 Å². The summed E-state index contributed by atoms with van der Waals surface area (Å²) >= 11 is 0. The summed E-state index contributed by atoms with van der Waals surface area (Å²) in [6, 6.07) is 7.24. The van der Waals surface area contributed by atoms with Gasteiger partial charge in [0.05, 0.1) is 0 Å². The fourth-order valence-corrected chi connectivity index (χ4v) is 2.38. The molecule has 1 fully saturated rings. The quantitative estimate of drug-likeness (QED) is 0.728. The van der Waals surface area contributed by atoms with Crippen LogP contribution in [0.1, 0.15) is 19.8 Å². The highest BCUT2D eigenvalue weighted by atomic mass is 16.2. The lowest BCUT2D eigenvalue weighted by Gasteiger charge is -2.32. The van der Waals surface area contributed by atoms with Crippen molar-refractivity contribution in [2.24, 2.45) is 0 Å². The van der Waals surface area contributed by atoms with Crippen molar-refractivity contribution in [3.63, 3.8) is 0 Å². The number of benzene rings is 1. The van der Waals surface area contributed by atoms with E-state index in [1.807, 2.05) is 0 Å². The van der Waals surface area contributed by atoms with Gasteiger partial charge >= 0.3 is 6.03 Å². The van der Waals surface area contributed by atoms with Crippen molar-refractivity contribution in [1.82, 2.24) is 10.2 Å². The second-order valence-corrected chi connectivity index (χ2v) is 4.95. The van der Waals surface area contributed by atoms with Crippen molar-refractivity contribution < 1.29 is 4.79 Å². The molecule has 1 atom stereocenters. The summed E-state index contributed by atoms with van der Waals surface area (Å²) in [4.78, 5) is 14.2. The average Bonchev–Trinajstić information content (AvgIpc) is 2.41. The Labute approximate surface area is 114 Å². The number of nitrogen functional groups attached to an aromatic ring is 1. The molecule has 0 aliphatic carbocycles. The SMILES string of the molecule is CCN1CCCC(NC(=O)Nc2ccc(N)cc2)C1. The lowest BCUT2D eigenvalue weighted by Crippen LogP contribution is -2.48. The van der Waals surface area contributed by atoms with Crippen LogP contribution in [0.3, 0.4) is 0 Å². The Morgan fingerprint density at radius 1 is 1.42 bits per heavy atom. The third-order valence-electron chi connectivity index (χ3n) is 3.46. The number of amides is 2. The number of nitrogens with two attached hydrogens (primary N) is 1. The summed E-state index contributed by atoms with van der Waals surface area (Å²) in [5, 5.41) is 5.85. The average molecular weight is 262 g/mol. The zero-order valence-corrected chi connectivity index (χ0v) is 11.4. The van der Waals surface area contributed by atoms with Gasteiger partial charge in [0.15, 0.2) is 0 Å². The maximum absolute atomic E-state index is 11.9. The maximum Gasteiger partial charge on any atom is 0.319 e. The Morgan fingerprint density at radius 3 is 2.84 bits per heavy atom. The fraction of sp³-hybridized carbons (Fsp3) is 0.500. The zero-order valence-electron chi connectivity index (χ0n) is 11.4. The Morgan fingerprint density at radius 2 is 2.16 bits per heavy atom. The van der Waals surface area contributed by atoms with Crippen molar-refractivity contribution in [2.75, 3.05) is 30.7 Å². The van der Waals surface area contributed by atoms with Crippen LogP contribution in [0.2, 0.25) is 0 Å². The van der Waals surface area contributed by atoms with E-state index in [0.29, 0.717) is 5.69 Å². The van der Waals surface area contributed by atoms with Crippen molar-refractivity contribution in [1.29, 1.82) is 0 Å². The van der Waals surface area contributed by atoms with Gasteiger partial charge in [0.2, 0.25) is 0 Å². The van der Waals surface area contributed by atoms with Crippen LogP contribution in [0.4, 0.5) is 16.2 Å². The summed E-state index contributed by atoms with van der Waals surface area (Å²) in [6.45, 7) is 5.26. The van der Waals surface area contributed by atoms with Crippen LogP contribution >= 0.6 is 0 Å². The monoisotopic (exact) mass is 262 g/mol. The molecule has 1 aliphatic heterocycles. The number of likely N-dealkylation sites (N-methyl/N-ethyl adjacent to an activating group) is 1. The Hall–Kier alpha value is -1.75. The van der Waals surface area contributed by atoms with Crippen LogP contribution in [-0.2, 0) is 0 Å². The van der Waals surface area contributed by atoms with Crippen LogP contribution in [0, 0.1) is 0 Å². The van der Waals surface area contributed by atoms with Crippen LogP contribution in [-0.4, -0.2) is 36.6 Å². The zero-order chi connectivity index (χ0) is 13.7. The molecule has 0 saturated carbocycles. The normalized spacial score (nSPS) is 19.9. The van der Waals surface area contributed by atoms with E-state index in [0.717, 1.165) is 38.2 Å². The molecule has 2 rings (SSSR count). The van der Waals surface area contributed by atoms with E-state index in [-0.39, 0.29) is 12.1 Å². The van der Waals surface area contributed by atoms with Gasteiger partial charge in [0.25, 0.3) is 0 Å². The minimum Gasteiger partial charge on any atom is -0.399 e. The Kier molecular flexibility index (Phi) is 4.63. The van der Waals surface area contributed by atoms with E-state index in [1.165, 1.54) is 0 Å². The molecule has 4 N–H and O–H groups in total. The molecule has 5 heteroatoms. The highest BCUT2D eigenvalue weighted by molar-refractivity contribution is 5.89. The number of hydrogen-bond acceptors (Lipinski definition) is 3. The van der Waals surface area contributed by atoms with E-state index in [2.05, 4.69) is 22.5 Å². The second-order valence-electron chi connectivity index (χ2n) is 4.95. The molecule has 0 radical (unpaired) electrons. The molecule has 1 heterocycles. The highest BCUT2D eigenvalue weighted by Gasteiger charge is 2.20. The van der Waals surface area contributed by atoms with Crippen molar-refractivity contribution in [3.05, 3.63) is 24.3 Å². The molecule has 1 aliphatic rings. The molecule has 104 valence electrons. The first-order chi connectivity index (χ1) is 9.17. The van der Waals surface area contributed by atoms with Gasteiger partial charge in [-0.05, 0) is 50.2 Å². The second kappa shape index (κ2) is 6.43. The summed E-state index contributed by atoms with van der Waals surface area (Å²) in [6.07, 6.45) is 2.19. The van der Waals surface area contributed by atoms with Crippen LogP contribution in [0.15, 0.2) is 24.3 Å². The summed E-state index contributed by atoms with van der Waals surface area (Å²) in [7, 11) is 0. The van der Waals surface area contributed by atoms with E-state index >= 15 is 0 Å². The first-order valence-corrected chi connectivity index (χ1v) is 6.83. The number of rotatable bonds is 3. The van der Waals surface area contributed by atoms with Crippen LogP contribution < -0.4 is 16.4 Å². The lowest BCUT2D eigenvalue weighted by atomic mass is 10.1. The molecule has 1 unspecified atom stereocenters. The largest absolute Gasteiger partial charge is 0.399 e. The predicted molar refractivity (Wildman–Crippen MR) is 78.1 cm³/mol. The van der Waals surface area contributed by atoms with Crippen LogP contribution in [0.5, 0.6) is 0 Å². The minimum absolute atomic E-state index is 0.146. The van der Waals surface area contributed by atoms with Crippen molar-refractivity contribution in [2.45, 2.75) is 25.8 Å². The topological polar surface area (TPSA) is 70.4 Å². The molecule has 0 spiro atoms. The molecular weight excluding hydrogens is 240 g/mol. The number of hydrogen-bond donors (Lipinski definition) is 3. The Bertz CT molecular complexity index is 418. The van der Waals surface area contributed by atoms with Crippen LogP contribution in [0.25, 0.3) is 0 Å². The van der Waals surface area contributed by atoms with Gasteiger partial charge in [0.1, 0.15) is 0 Å². The number of carbonyl (C=O) groups excluding carboxylic acids is 1. The number of carbonyl (C=O) groups is 1. The molecule has 5 nitrogen and oxygen atoms in total. The van der Waals surface area contributed by atoms with Gasteiger partial charge in [-0.1, -0.05) is 6.92 Å². The summed E-state index contributed by atoms with van der Waals surface area (Å²) < 4.78 is 0. The molecule has 0 aromatic heterocycles. The maximum atomic E-state index is 11.9. The van der Waals surface area contributed by atoms with Gasteiger partial charge in [-0.2, -0.15) is 0 Å². The third kappa shape index (κ3) is 4.13. The fourth-order valence-electron chi connectivity index (χ4n) is 2.38. The third-order valence-corrected chi connectivity index (χ3v) is 3.46. The van der Waals surface area contributed by atoms with E-state index in [1.54, 1.807) is 24.3 Å². The smallest absolute Gasteiger partial charge is 0.319 e. The molecular formula is C14H22N4O. The van der Waals surface area contributed by atoms with Gasteiger partial charge in [-0.15, -0.1) is 0 Å². The van der Waals surface area contributed by atoms with Crippen molar-refractivity contribution >= 4 is 17.4 Å². The molecule has 0 bridgehead atoms. The summed E-state index contributed by atoms with van der Waals surface area (Å²) in [5.41, 5.74) is 7.05. The van der Waals surface area contributed by atoms with Gasteiger partial charge in [-0.25, -0.2) is 4.79 Å². The lowest BCUT2D eigenvalue weighted by molar-refractivity contribution is 0.196. The molecule has 1 aromatic carbocycles. The van der Waals surface area contributed by atoms with Gasteiger partial charge < -0.3 is 21.3 Å². The molecule has 19 heavy (non-hydrogen) atoms. The number of nitrogens with zero attached hydrogens (tertiary/aromatic N) is 1. The van der Waals surface area contributed by atoms with Gasteiger partial charge in [0, 0.05) is 24.0 Å². The minimum atomic E-state index is -0.146. The Balaban J connectivity index is 1.82. The first-order valence-electron chi connectivity index (χ1n) is 6.83. The first kappa shape index (κ1) is 13.7. The van der Waals surface area contributed by atoms with Crippen molar-refractivity contribution in [3.8, 4) is 0 Å². The number of nitrogens with one attached hydrogen (secondary N) is 2. The summed E-state index contributed by atoms with van der Waals surface area (Å²) in [5.74, 6) is 0. The number of likely N-dealkylation sites (tertiary alicyclic amines) is 1. The molecule has 2 amide bonds. The number of piperidine rings is 1. The highest BCUT2D eigenvalue weighted by Crippen LogP contribution is 2.12. The standard InChI is InChI=1S/C14H22N4O/c1-2-18-9-3-4-13(10-18)17-14(19)16-12-7-5-11(15)6-8-12/h5-8,13H,2-4,9-10,15H2,1H3,(H2,16,17,19). The van der Waals surface area contributed by atoms with E-state index < -0.39 is 0 Å². The predicted octanol–water partition coefficient (Wildman–Crippen LogP) is 1.87. The molecule has 1 saturated heterocycles.